The van der Waals surface area contributed by atoms with Gasteiger partial charge in [-0.3, -0.25) is 4.79 Å². The van der Waals surface area contributed by atoms with Crippen molar-refractivity contribution in [1.82, 2.24) is 5.32 Å². The number of hydrogen-bond acceptors (Lipinski definition) is 2. The van der Waals surface area contributed by atoms with Crippen LogP contribution >= 0.6 is 22.6 Å². The summed E-state index contributed by atoms with van der Waals surface area (Å²) in [5.74, 6) is -0.0309. The molecule has 0 radical (unpaired) electrons. The standard InChI is InChI=1S/C17H18INO2/c18-16-9-4-8-15(12-16)17(20)19-10-5-11-21-13-14-6-2-1-3-7-14/h1-4,6-9,12H,5,10-11,13H2,(H,19,20). The highest BCUT2D eigenvalue weighted by atomic mass is 127. The molecule has 0 spiro atoms. The van der Waals surface area contributed by atoms with Gasteiger partial charge in [0.25, 0.3) is 5.91 Å². The Hall–Kier alpha value is -1.40. The van der Waals surface area contributed by atoms with E-state index in [4.69, 9.17) is 4.74 Å². The van der Waals surface area contributed by atoms with E-state index in [0.717, 1.165) is 9.99 Å². The van der Waals surface area contributed by atoms with Gasteiger partial charge in [-0.1, -0.05) is 36.4 Å². The van der Waals surface area contributed by atoms with Gasteiger partial charge >= 0.3 is 0 Å². The molecule has 1 amide bonds. The highest BCUT2D eigenvalue weighted by molar-refractivity contribution is 14.1. The minimum atomic E-state index is -0.0309. The second kappa shape index (κ2) is 8.79. The predicted molar refractivity (Wildman–Crippen MR) is 92.2 cm³/mol. The van der Waals surface area contributed by atoms with Gasteiger partial charge in [0.05, 0.1) is 6.61 Å². The zero-order chi connectivity index (χ0) is 14.9. The van der Waals surface area contributed by atoms with Gasteiger partial charge in [-0.25, -0.2) is 0 Å². The molecule has 0 heterocycles. The number of hydrogen-bond donors (Lipinski definition) is 1. The Morgan fingerprint density at radius 2 is 1.90 bits per heavy atom. The lowest BCUT2D eigenvalue weighted by molar-refractivity contribution is 0.0934. The van der Waals surface area contributed by atoms with Crippen molar-refractivity contribution in [2.24, 2.45) is 0 Å². The Balaban J connectivity index is 1.60. The van der Waals surface area contributed by atoms with Crippen LogP contribution in [0.3, 0.4) is 0 Å². The van der Waals surface area contributed by atoms with Gasteiger partial charge in [0.1, 0.15) is 0 Å². The van der Waals surface area contributed by atoms with Crippen molar-refractivity contribution in [2.45, 2.75) is 13.0 Å². The van der Waals surface area contributed by atoms with Crippen LogP contribution in [0.15, 0.2) is 54.6 Å². The van der Waals surface area contributed by atoms with Crippen LogP contribution in [0.4, 0.5) is 0 Å². The smallest absolute Gasteiger partial charge is 0.251 e. The van der Waals surface area contributed by atoms with Crippen molar-refractivity contribution in [3.05, 3.63) is 69.3 Å². The first-order chi connectivity index (χ1) is 10.3. The summed E-state index contributed by atoms with van der Waals surface area (Å²) in [6.07, 6.45) is 0.808. The number of nitrogens with one attached hydrogen (secondary N) is 1. The average molecular weight is 395 g/mol. The predicted octanol–water partition coefficient (Wildman–Crippen LogP) is 3.63. The van der Waals surface area contributed by atoms with E-state index in [-0.39, 0.29) is 5.91 Å². The summed E-state index contributed by atoms with van der Waals surface area (Å²) in [5.41, 5.74) is 1.87. The molecule has 0 atom stereocenters. The number of amides is 1. The molecule has 0 aliphatic carbocycles. The van der Waals surface area contributed by atoms with Crippen molar-refractivity contribution < 1.29 is 9.53 Å². The summed E-state index contributed by atoms with van der Waals surface area (Å²) in [5, 5.41) is 2.90. The SMILES string of the molecule is O=C(NCCCOCc1ccccc1)c1cccc(I)c1. The normalized spacial score (nSPS) is 10.3. The molecule has 0 saturated carbocycles. The van der Waals surface area contributed by atoms with E-state index in [0.29, 0.717) is 25.3 Å². The number of halogens is 1. The molecule has 3 nitrogen and oxygen atoms in total. The minimum absolute atomic E-state index is 0.0309. The summed E-state index contributed by atoms with van der Waals surface area (Å²) in [7, 11) is 0. The van der Waals surface area contributed by atoms with Gasteiger partial charge in [0.2, 0.25) is 0 Å². The van der Waals surface area contributed by atoms with Gasteiger partial charge < -0.3 is 10.1 Å². The highest BCUT2D eigenvalue weighted by Gasteiger charge is 2.04. The highest BCUT2D eigenvalue weighted by Crippen LogP contribution is 2.07. The molecule has 0 bridgehead atoms. The largest absolute Gasteiger partial charge is 0.377 e. The molecule has 0 saturated heterocycles. The third-order valence-corrected chi connectivity index (χ3v) is 3.62. The van der Waals surface area contributed by atoms with Crippen molar-refractivity contribution in [3.8, 4) is 0 Å². The van der Waals surface area contributed by atoms with E-state index in [1.54, 1.807) is 0 Å². The summed E-state index contributed by atoms with van der Waals surface area (Å²) in [4.78, 5) is 11.9. The molecule has 2 aromatic rings. The lowest BCUT2D eigenvalue weighted by Gasteiger charge is -2.07. The first-order valence-corrected chi connectivity index (χ1v) is 7.99. The lowest BCUT2D eigenvalue weighted by Crippen LogP contribution is -2.25. The van der Waals surface area contributed by atoms with Crippen LogP contribution in [0.2, 0.25) is 0 Å². The molecule has 0 fully saturated rings. The van der Waals surface area contributed by atoms with E-state index >= 15 is 0 Å². The third-order valence-electron chi connectivity index (χ3n) is 2.95. The van der Waals surface area contributed by atoms with Crippen molar-refractivity contribution in [1.29, 1.82) is 0 Å². The monoisotopic (exact) mass is 395 g/mol. The van der Waals surface area contributed by atoms with Crippen LogP contribution in [-0.2, 0) is 11.3 Å². The van der Waals surface area contributed by atoms with Crippen molar-refractivity contribution >= 4 is 28.5 Å². The van der Waals surface area contributed by atoms with Crippen LogP contribution in [-0.4, -0.2) is 19.1 Å². The van der Waals surface area contributed by atoms with E-state index in [1.165, 1.54) is 5.56 Å². The number of carbonyl (C=O) groups excluding carboxylic acids is 1. The minimum Gasteiger partial charge on any atom is -0.377 e. The summed E-state index contributed by atoms with van der Waals surface area (Å²) >= 11 is 2.20. The second-order valence-electron chi connectivity index (χ2n) is 4.66. The lowest BCUT2D eigenvalue weighted by atomic mass is 10.2. The van der Waals surface area contributed by atoms with Gasteiger partial charge in [-0.05, 0) is 52.8 Å². The zero-order valence-electron chi connectivity index (χ0n) is 11.7. The fraction of sp³-hybridized carbons (Fsp3) is 0.235. The summed E-state index contributed by atoms with van der Waals surface area (Å²) in [6, 6.07) is 17.6. The molecule has 4 heteroatoms. The number of carbonyl (C=O) groups is 1. The first-order valence-electron chi connectivity index (χ1n) is 6.91. The fourth-order valence-electron chi connectivity index (χ4n) is 1.87. The van der Waals surface area contributed by atoms with Crippen molar-refractivity contribution in [2.75, 3.05) is 13.2 Å². The molecular formula is C17H18INO2. The topological polar surface area (TPSA) is 38.3 Å². The maximum Gasteiger partial charge on any atom is 0.251 e. The van der Waals surface area contributed by atoms with Gasteiger partial charge in [-0.15, -0.1) is 0 Å². The first kappa shape index (κ1) is 16.0. The maximum absolute atomic E-state index is 11.9. The van der Waals surface area contributed by atoms with Crippen LogP contribution in [0, 0.1) is 3.57 Å². The van der Waals surface area contributed by atoms with Crippen LogP contribution in [0.25, 0.3) is 0 Å². The Morgan fingerprint density at radius 1 is 1.10 bits per heavy atom. The number of benzene rings is 2. The number of rotatable bonds is 7. The molecule has 2 rings (SSSR count). The Morgan fingerprint density at radius 3 is 2.67 bits per heavy atom. The molecule has 0 aromatic heterocycles. The molecule has 0 aliphatic rings. The third kappa shape index (κ3) is 5.85. The van der Waals surface area contributed by atoms with E-state index in [9.17, 15) is 4.79 Å². The number of ether oxygens (including phenoxy) is 1. The Kier molecular flexibility index (Phi) is 6.69. The van der Waals surface area contributed by atoms with Crippen LogP contribution < -0.4 is 5.32 Å². The quantitative estimate of drug-likeness (QED) is 0.575. The zero-order valence-corrected chi connectivity index (χ0v) is 13.9. The summed E-state index contributed by atoms with van der Waals surface area (Å²) < 4.78 is 6.64. The molecule has 2 aromatic carbocycles. The van der Waals surface area contributed by atoms with Gasteiger partial charge in [0.15, 0.2) is 0 Å². The van der Waals surface area contributed by atoms with Crippen molar-refractivity contribution in [3.63, 3.8) is 0 Å². The second-order valence-corrected chi connectivity index (χ2v) is 5.90. The van der Waals surface area contributed by atoms with Crippen LogP contribution in [0.1, 0.15) is 22.3 Å². The van der Waals surface area contributed by atoms with E-state index in [2.05, 4.69) is 27.9 Å². The maximum atomic E-state index is 11.9. The van der Waals surface area contributed by atoms with Gasteiger partial charge in [-0.2, -0.15) is 0 Å². The average Bonchev–Trinajstić information content (AvgIpc) is 2.51. The molecule has 21 heavy (non-hydrogen) atoms. The van der Waals surface area contributed by atoms with E-state index < -0.39 is 0 Å². The molecule has 110 valence electrons. The Labute approximate surface area is 138 Å². The molecular weight excluding hydrogens is 377 g/mol. The molecule has 0 aliphatic heterocycles. The molecule has 0 unspecified atom stereocenters. The molecule has 1 N–H and O–H groups in total. The van der Waals surface area contributed by atoms with E-state index in [1.807, 2.05) is 54.6 Å². The van der Waals surface area contributed by atoms with Gasteiger partial charge in [0, 0.05) is 22.3 Å². The van der Waals surface area contributed by atoms with Crippen LogP contribution in [0.5, 0.6) is 0 Å². The fourth-order valence-corrected chi connectivity index (χ4v) is 2.42. The Bertz CT molecular complexity index is 572. The summed E-state index contributed by atoms with van der Waals surface area (Å²) in [6.45, 7) is 1.88.